The van der Waals surface area contributed by atoms with E-state index in [9.17, 15) is 30.6 Å². The van der Waals surface area contributed by atoms with Crippen molar-refractivity contribution in [3.63, 3.8) is 0 Å². The van der Waals surface area contributed by atoms with Crippen molar-refractivity contribution in [2.45, 2.75) is 37.7 Å². The first kappa shape index (κ1) is 20.4. The molecular weight excluding hydrogens is 496 g/mol. The summed E-state index contributed by atoms with van der Waals surface area (Å²) in [4.78, 5) is 0. The molecule has 150 valence electrons. The summed E-state index contributed by atoms with van der Waals surface area (Å²) >= 11 is 6.69. The van der Waals surface area contributed by atoms with E-state index in [1.807, 2.05) is 0 Å². The molecule has 4 rings (SSSR count). The summed E-state index contributed by atoms with van der Waals surface area (Å²) in [6.45, 7) is -0.872. The van der Waals surface area contributed by atoms with Crippen LogP contribution in [0.3, 0.4) is 0 Å². The quantitative estimate of drug-likeness (QED) is 0.330. The fourth-order valence-electron chi connectivity index (χ4n) is 5.12. The van der Waals surface area contributed by atoms with Crippen molar-refractivity contribution >= 4 is 31.9 Å². The Labute approximate surface area is 178 Å². The number of halogens is 2. The third-order valence-corrected chi connectivity index (χ3v) is 9.61. The van der Waals surface area contributed by atoms with Crippen LogP contribution in [0, 0.1) is 0 Å². The van der Waals surface area contributed by atoms with E-state index >= 15 is 0 Å². The Morgan fingerprint density at radius 2 is 1.32 bits per heavy atom. The number of benzene rings is 2. The van der Waals surface area contributed by atoms with E-state index in [0.717, 1.165) is 0 Å². The van der Waals surface area contributed by atoms with Gasteiger partial charge in [0.05, 0.1) is 6.61 Å². The van der Waals surface area contributed by atoms with Crippen LogP contribution in [0.2, 0.25) is 0 Å². The predicted octanol–water partition coefficient (Wildman–Crippen LogP) is 0.502. The Balaban J connectivity index is 1.99. The van der Waals surface area contributed by atoms with Crippen molar-refractivity contribution in [1.82, 2.24) is 0 Å². The molecule has 2 aliphatic carbocycles. The van der Waals surface area contributed by atoms with Crippen molar-refractivity contribution in [3.05, 3.63) is 71.8 Å². The van der Waals surface area contributed by atoms with Gasteiger partial charge in [-0.25, -0.2) is 0 Å². The number of aliphatic hydroxyl groups is 6. The Morgan fingerprint density at radius 1 is 0.857 bits per heavy atom. The number of alkyl halides is 2. The maximum atomic E-state index is 11.7. The van der Waals surface area contributed by atoms with Crippen LogP contribution in [0.15, 0.2) is 60.7 Å². The summed E-state index contributed by atoms with van der Waals surface area (Å²) in [6, 6.07) is 16.6. The summed E-state index contributed by atoms with van der Waals surface area (Å²) in [5.74, 6) is 0. The highest BCUT2D eigenvalue weighted by Gasteiger charge is 3.03. The molecule has 2 saturated carbocycles. The molecule has 0 bridgehead atoms. The number of hydrogen-bond donors (Lipinski definition) is 6. The smallest absolute Gasteiger partial charge is 0.153 e. The molecule has 7 atom stereocenters. The van der Waals surface area contributed by atoms with Crippen molar-refractivity contribution in [1.29, 1.82) is 0 Å². The fourth-order valence-corrected chi connectivity index (χ4v) is 7.64. The van der Waals surface area contributed by atoms with Crippen LogP contribution >= 0.6 is 31.9 Å². The average Bonchev–Trinajstić information content (AvgIpc) is 2.75. The van der Waals surface area contributed by atoms with Crippen molar-refractivity contribution in [2.75, 3.05) is 6.61 Å². The molecule has 0 aromatic heterocycles. The molecule has 0 aliphatic heterocycles. The third kappa shape index (κ3) is 1.73. The van der Waals surface area contributed by atoms with Crippen molar-refractivity contribution in [3.8, 4) is 0 Å². The number of hydrogen-bond acceptors (Lipinski definition) is 6. The molecule has 0 spiro atoms. The third-order valence-electron chi connectivity index (χ3n) is 6.47. The maximum Gasteiger partial charge on any atom is 0.153 e. The molecule has 28 heavy (non-hydrogen) atoms. The molecule has 0 radical (unpaired) electrons. The van der Waals surface area contributed by atoms with Crippen molar-refractivity contribution in [2.24, 2.45) is 0 Å². The topological polar surface area (TPSA) is 121 Å². The molecule has 2 aliphatic rings. The van der Waals surface area contributed by atoms with Gasteiger partial charge in [-0.3, -0.25) is 0 Å². The number of rotatable bonds is 4. The highest BCUT2D eigenvalue weighted by Crippen LogP contribution is 2.83. The molecule has 0 heterocycles. The Bertz CT molecular complexity index is 898. The van der Waals surface area contributed by atoms with Gasteiger partial charge in [0.15, 0.2) is 5.60 Å². The van der Waals surface area contributed by atoms with Crippen LogP contribution in [0.4, 0.5) is 0 Å². The summed E-state index contributed by atoms with van der Waals surface area (Å²) in [5, 5.41) is 66.2. The summed E-state index contributed by atoms with van der Waals surface area (Å²) < 4.78 is -3.54. The summed E-state index contributed by atoms with van der Waals surface area (Å²) in [7, 11) is 0. The molecule has 2 aromatic rings. The van der Waals surface area contributed by atoms with Crippen LogP contribution in [0.5, 0.6) is 0 Å². The van der Waals surface area contributed by atoms with E-state index in [-0.39, 0.29) is 0 Å². The van der Waals surface area contributed by atoms with Gasteiger partial charge < -0.3 is 30.6 Å². The molecule has 0 amide bonds. The monoisotopic (exact) mass is 514 g/mol. The van der Waals surface area contributed by atoms with Gasteiger partial charge >= 0.3 is 0 Å². The molecule has 0 saturated heterocycles. The van der Waals surface area contributed by atoms with E-state index in [1.165, 1.54) is 0 Å². The molecule has 6 N–H and O–H groups in total. The van der Waals surface area contributed by atoms with Gasteiger partial charge in [-0.1, -0.05) is 92.5 Å². The van der Waals surface area contributed by atoms with Crippen molar-refractivity contribution < 1.29 is 30.6 Å². The van der Waals surface area contributed by atoms with Crippen LogP contribution < -0.4 is 0 Å². The first-order chi connectivity index (χ1) is 13.1. The molecular formula is C20H20Br2O6. The van der Waals surface area contributed by atoms with Gasteiger partial charge in [0.1, 0.15) is 32.1 Å². The lowest BCUT2D eigenvalue weighted by Gasteiger charge is -2.85. The predicted molar refractivity (Wildman–Crippen MR) is 108 cm³/mol. The second-order valence-electron chi connectivity index (χ2n) is 7.45. The number of fused-ring (bicyclic) bond motifs is 1. The Kier molecular flexibility index (Phi) is 4.44. The SMILES string of the molecule is OC[C@@H](O)[C@]1(O)C(Br)(c2ccccc2)[C@]2(O)C(O)C(Br)(c3ccccc3)[C@@]21O. The lowest BCUT2D eigenvalue weighted by molar-refractivity contribution is -0.474. The Hall–Kier alpha value is -0.840. The average molecular weight is 516 g/mol. The molecule has 2 aromatic carbocycles. The molecule has 6 nitrogen and oxygen atoms in total. The normalized spacial score (nSPS) is 45.5. The minimum absolute atomic E-state index is 0.332. The highest BCUT2D eigenvalue weighted by atomic mass is 79.9. The van der Waals surface area contributed by atoms with Crippen LogP contribution in [0.1, 0.15) is 11.1 Å². The fraction of sp³-hybridized carbons (Fsp3) is 0.400. The molecule has 8 heteroatoms. The largest absolute Gasteiger partial charge is 0.394 e. The first-order valence-electron chi connectivity index (χ1n) is 8.73. The summed E-state index contributed by atoms with van der Waals surface area (Å²) in [5.41, 5.74) is -6.43. The minimum Gasteiger partial charge on any atom is -0.394 e. The lowest BCUT2D eigenvalue weighted by atomic mass is 9.30. The van der Waals surface area contributed by atoms with Gasteiger partial charge in [0.2, 0.25) is 0 Å². The van der Waals surface area contributed by atoms with Crippen LogP contribution in [-0.2, 0) is 8.65 Å². The lowest BCUT2D eigenvalue weighted by Crippen LogP contribution is -3.08. The zero-order valence-corrected chi connectivity index (χ0v) is 17.7. The molecule has 2 fully saturated rings. The zero-order valence-electron chi connectivity index (χ0n) is 14.6. The van der Waals surface area contributed by atoms with E-state index in [1.54, 1.807) is 60.7 Å². The maximum absolute atomic E-state index is 11.7. The van der Waals surface area contributed by atoms with Gasteiger partial charge in [0, 0.05) is 0 Å². The summed E-state index contributed by atoms with van der Waals surface area (Å²) in [6.07, 6.45) is -3.39. The second kappa shape index (κ2) is 6.09. The number of aliphatic hydroxyl groups excluding tert-OH is 3. The highest BCUT2D eigenvalue weighted by molar-refractivity contribution is 9.10. The first-order valence-corrected chi connectivity index (χ1v) is 10.3. The Morgan fingerprint density at radius 3 is 1.79 bits per heavy atom. The second-order valence-corrected chi connectivity index (χ2v) is 9.89. The van der Waals surface area contributed by atoms with E-state index in [0.29, 0.717) is 11.1 Å². The van der Waals surface area contributed by atoms with E-state index < -0.39 is 44.3 Å². The van der Waals surface area contributed by atoms with Gasteiger partial charge in [0.25, 0.3) is 0 Å². The van der Waals surface area contributed by atoms with E-state index in [2.05, 4.69) is 31.9 Å². The van der Waals surface area contributed by atoms with Gasteiger partial charge in [-0.2, -0.15) is 0 Å². The van der Waals surface area contributed by atoms with Crippen LogP contribution in [0.25, 0.3) is 0 Å². The molecule has 3 unspecified atom stereocenters. The van der Waals surface area contributed by atoms with Gasteiger partial charge in [-0.05, 0) is 11.1 Å². The van der Waals surface area contributed by atoms with Gasteiger partial charge in [-0.15, -0.1) is 0 Å². The van der Waals surface area contributed by atoms with Crippen LogP contribution in [-0.4, -0.2) is 66.3 Å². The minimum atomic E-state index is -2.45. The standard InChI is InChI=1S/C20H20Br2O6/c21-16(12-7-3-1-4-8-12)15(25)19(27)17(22,13-9-5-2-6-10-13)18(26,14(24)11-23)20(16,19)28/h1-10,14-15,23-28H,11H2/t14-,15?,16?,17?,18+,19-,20+/m1/s1. The van der Waals surface area contributed by atoms with E-state index in [4.69, 9.17) is 0 Å². The zero-order chi connectivity index (χ0) is 20.6.